The lowest BCUT2D eigenvalue weighted by Crippen LogP contribution is -2.01. The molecular formula is C11H12N4O2. The quantitative estimate of drug-likeness (QED) is 0.854. The van der Waals surface area contributed by atoms with E-state index in [1.807, 2.05) is 0 Å². The van der Waals surface area contributed by atoms with Crippen molar-refractivity contribution < 1.29 is 9.47 Å². The van der Waals surface area contributed by atoms with E-state index in [0.717, 1.165) is 0 Å². The third kappa shape index (κ3) is 1.96. The number of anilines is 1. The van der Waals surface area contributed by atoms with Crippen LogP contribution in [0, 0.1) is 0 Å². The van der Waals surface area contributed by atoms with Crippen molar-refractivity contribution in [3.05, 3.63) is 24.7 Å². The molecular weight excluding hydrogens is 220 g/mol. The Morgan fingerprint density at radius 1 is 1.06 bits per heavy atom. The summed E-state index contributed by atoms with van der Waals surface area (Å²) in [5.41, 5.74) is 6.80. The minimum atomic E-state index is 0.269. The Labute approximate surface area is 98.4 Å². The molecule has 0 atom stereocenters. The predicted octanol–water partition coefficient (Wildman–Crippen LogP) is 1.14. The fraction of sp³-hybridized carbons (Fsp3) is 0.182. The Morgan fingerprint density at radius 2 is 1.88 bits per heavy atom. The second kappa shape index (κ2) is 4.65. The summed E-state index contributed by atoms with van der Waals surface area (Å²) in [5, 5.41) is 0. The number of rotatable bonds is 3. The Hall–Kier alpha value is -2.37. The van der Waals surface area contributed by atoms with Crippen LogP contribution in [0.1, 0.15) is 0 Å². The normalized spacial score (nSPS) is 10.0. The molecule has 0 spiro atoms. The minimum Gasteiger partial charge on any atom is -0.494 e. The van der Waals surface area contributed by atoms with Gasteiger partial charge in [0.05, 0.1) is 14.2 Å². The highest BCUT2D eigenvalue weighted by Gasteiger charge is 2.16. The Balaban J connectivity index is 2.64. The number of pyridine rings is 1. The zero-order valence-electron chi connectivity index (χ0n) is 9.54. The first-order valence-electron chi connectivity index (χ1n) is 4.91. The largest absolute Gasteiger partial charge is 0.494 e. The van der Waals surface area contributed by atoms with Crippen molar-refractivity contribution in [3.63, 3.8) is 0 Å². The fourth-order valence-electron chi connectivity index (χ4n) is 1.49. The minimum absolute atomic E-state index is 0.269. The molecule has 88 valence electrons. The van der Waals surface area contributed by atoms with Crippen LogP contribution in [0.15, 0.2) is 24.7 Å². The van der Waals surface area contributed by atoms with Crippen LogP contribution in [-0.4, -0.2) is 29.2 Å². The smallest absolute Gasteiger partial charge is 0.189 e. The van der Waals surface area contributed by atoms with Gasteiger partial charge in [0.2, 0.25) is 0 Å². The number of methoxy groups -OCH3 is 2. The summed E-state index contributed by atoms with van der Waals surface area (Å²) in [6.45, 7) is 0. The van der Waals surface area contributed by atoms with Crippen molar-refractivity contribution in [1.29, 1.82) is 0 Å². The van der Waals surface area contributed by atoms with E-state index in [2.05, 4.69) is 15.0 Å². The van der Waals surface area contributed by atoms with E-state index in [4.69, 9.17) is 15.2 Å². The molecule has 2 rings (SSSR count). The number of hydrogen-bond donors (Lipinski definition) is 1. The molecule has 0 fully saturated rings. The van der Waals surface area contributed by atoms with E-state index in [9.17, 15) is 0 Å². The lowest BCUT2D eigenvalue weighted by molar-refractivity contribution is 0.407. The second-order valence-electron chi connectivity index (χ2n) is 3.20. The Bertz CT molecular complexity index is 531. The first-order valence-corrected chi connectivity index (χ1v) is 4.91. The zero-order valence-corrected chi connectivity index (χ0v) is 9.54. The lowest BCUT2D eigenvalue weighted by Gasteiger charge is -2.10. The highest BCUT2D eigenvalue weighted by Crippen LogP contribution is 2.34. The van der Waals surface area contributed by atoms with Gasteiger partial charge < -0.3 is 15.2 Å². The summed E-state index contributed by atoms with van der Waals surface area (Å²) in [6, 6.07) is 3.57. The van der Waals surface area contributed by atoms with Crippen LogP contribution in [0.3, 0.4) is 0 Å². The number of aromatic nitrogens is 3. The molecule has 6 heteroatoms. The lowest BCUT2D eigenvalue weighted by atomic mass is 10.2. The summed E-state index contributed by atoms with van der Waals surface area (Å²) in [4.78, 5) is 12.2. The third-order valence-corrected chi connectivity index (χ3v) is 2.25. The maximum atomic E-state index is 5.72. The fourth-order valence-corrected chi connectivity index (χ4v) is 1.49. The van der Waals surface area contributed by atoms with Gasteiger partial charge in [0.1, 0.15) is 23.5 Å². The van der Waals surface area contributed by atoms with Crippen LogP contribution in [0.4, 0.5) is 5.82 Å². The van der Waals surface area contributed by atoms with Crippen molar-refractivity contribution in [2.24, 2.45) is 0 Å². The molecule has 0 aliphatic heterocycles. The van der Waals surface area contributed by atoms with Gasteiger partial charge >= 0.3 is 0 Å². The highest BCUT2D eigenvalue weighted by molar-refractivity contribution is 5.72. The van der Waals surface area contributed by atoms with Crippen molar-refractivity contribution in [2.45, 2.75) is 0 Å². The summed E-state index contributed by atoms with van der Waals surface area (Å²) < 4.78 is 10.4. The van der Waals surface area contributed by atoms with Crippen LogP contribution in [0.25, 0.3) is 11.4 Å². The number of nitrogens with zero attached hydrogens (tertiary/aromatic N) is 3. The Morgan fingerprint density at radius 3 is 2.59 bits per heavy atom. The number of nitrogen functional groups attached to an aromatic ring is 1. The molecule has 0 aromatic carbocycles. The van der Waals surface area contributed by atoms with Gasteiger partial charge in [-0.05, 0) is 12.1 Å². The van der Waals surface area contributed by atoms with Crippen LogP contribution >= 0.6 is 0 Å². The predicted molar refractivity (Wildman–Crippen MR) is 62.8 cm³/mol. The maximum Gasteiger partial charge on any atom is 0.189 e. The van der Waals surface area contributed by atoms with Gasteiger partial charge in [0.25, 0.3) is 0 Å². The van der Waals surface area contributed by atoms with E-state index in [-0.39, 0.29) is 5.82 Å². The van der Waals surface area contributed by atoms with Gasteiger partial charge in [-0.1, -0.05) is 0 Å². The van der Waals surface area contributed by atoms with Crippen LogP contribution < -0.4 is 15.2 Å². The molecule has 0 bridgehead atoms. The molecule has 2 heterocycles. The molecule has 2 aromatic heterocycles. The maximum absolute atomic E-state index is 5.72. The number of ether oxygens (including phenoxy) is 2. The molecule has 0 aliphatic carbocycles. The molecule has 0 unspecified atom stereocenters. The van der Waals surface area contributed by atoms with Crippen molar-refractivity contribution in [1.82, 2.24) is 15.0 Å². The average Bonchev–Trinajstić information content (AvgIpc) is 2.38. The van der Waals surface area contributed by atoms with E-state index < -0.39 is 0 Å². The van der Waals surface area contributed by atoms with Gasteiger partial charge in [-0.3, -0.25) is 4.98 Å². The SMILES string of the molecule is COc1cccnc1-c1ncnc(N)c1OC. The number of nitrogens with two attached hydrogens (primary N) is 1. The average molecular weight is 232 g/mol. The van der Waals surface area contributed by atoms with Gasteiger partial charge in [0, 0.05) is 6.20 Å². The standard InChI is InChI=1S/C11H12N4O2/c1-16-7-4-3-5-13-8(7)9-10(17-2)11(12)15-6-14-9/h3-6H,1-2H3,(H2,12,14,15). The zero-order chi connectivity index (χ0) is 12.3. The molecule has 0 aliphatic rings. The second-order valence-corrected chi connectivity index (χ2v) is 3.20. The number of hydrogen-bond acceptors (Lipinski definition) is 6. The third-order valence-electron chi connectivity index (χ3n) is 2.25. The van der Waals surface area contributed by atoms with Crippen LogP contribution in [0.5, 0.6) is 11.5 Å². The first-order chi connectivity index (χ1) is 8.27. The van der Waals surface area contributed by atoms with E-state index >= 15 is 0 Å². The van der Waals surface area contributed by atoms with Crippen LogP contribution in [-0.2, 0) is 0 Å². The van der Waals surface area contributed by atoms with Gasteiger partial charge in [0.15, 0.2) is 11.6 Å². The molecule has 0 saturated heterocycles. The van der Waals surface area contributed by atoms with Crippen molar-refractivity contribution in [2.75, 3.05) is 20.0 Å². The first kappa shape index (κ1) is 11.1. The van der Waals surface area contributed by atoms with Crippen molar-refractivity contribution in [3.8, 4) is 22.9 Å². The summed E-state index contributed by atoms with van der Waals surface area (Å²) in [5.74, 6) is 1.26. The van der Waals surface area contributed by atoms with Gasteiger partial charge in [-0.15, -0.1) is 0 Å². The monoisotopic (exact) mass is 232 g/mol. The molecule has 2 N–H and O–H groups in total. The summed E-state index contributed by atoms with van der Waals surface area (Å²) in [6.07, 6.45) is 3.01. The molecule has 0 amide bonds. The van der Waals surface area contributed by atoms with E-state index in [1.165, 1.54) is 13.4 Å². The van der Waals surface area contributed by atoms with E-state index in [1.54, 1.807) is 25.4 Å². The Kier molecular flexibility index (Phi) is 3.04. The molecule has 0 saturated carbocycles. The van der Waals surface area contributed by atoms with Crippen LogP contribution in [0.2, 0.25) is 0 Å². The summed E-state index contributed by atoms with van der Waals surface area (Å²) in [7, 11) is 3.07. The topological polar surface area (TPSA) is 83.2 Å². The molecule has 6 nitrogen and oxygen atoms in total. The van der Waals surface area contributed by atoms with Gasteiger partial charge in [-0.2, -0.15) is 0 Å². The molecule has 17 heavy (non-hydrogen) atoms. The summed E-state index contributed by atoms with van der Waals surface area (Å²) >= 11 is 0. The van der Waals surface area contributed by atoms with E-state index in [0.29, 0.717) is 22.9 Å². The molecule has 2 aromatic rings. The molecule has 0 radical (unpaired) electrons. The highest BCUT2D eigenvalue weighted by atomic mass is 16.5. The van der Waals surface area contributed by atoms with Gasteiger partial charge in [-0.25, -0.2) is 9.97 Å². The van der Waals surface area contributed by atoms with Crippen molar-refractivity contribution >= 4 is 5.82 Å².